The second kappa shape index (κ2) is 12.5. The monoisotopic (exact) mass is 438 g/mol. The number of H-pyrrole nitrogens is 1. The Balaban J connectivity index is 1.21. The Morgan fingerprint density at radius 1 is 1.03 bits per heavy atom. The molecule has 0 aliphatic heterocycles. The minimum absolute atomic E-state index is 0.167. The fourth-order valence-electron chi connectivity index (χ4n) is 2.89. The van der Waals surface area contributed by atoms with Gasteiger partial charge in [0, 0.05) is 30.3 Å². The first kappa shape index (κ1) is 22.6. The van der Waals surface area contributed by atoms with Crippen molar-refractivity contribution in [2.45, 2.75) is 32.3 Å². The fraction of sp³-hybridized carbons (Fsp3) is 0.304. The summed E-state index contributed by atoms with van der Waals surface area (Å²) in [6, 6.07) is 15.1. The van der Waals surface area contributed by atoms with Gasteiger partial charge in [-0.05, 0) is 48.4 Å². The van der Waals surface area contributed by atoms with Crippen LogP contribution in [0.4, 0.5) is 4.79 Å². The zero-order valence-electron chi connectivity index (χ0n) is 17.3. The number of hydrogen-bond donors (Lipinski definition) is 2. The number of unbranched alkanes of at least 4 members (excludes halogenated alkanes) is 3. The Morgan fingerprint density at radius 3 is 2.68 bits per heavy atom. The first-order chi connectivity index (χ1) is 15.2. The molecule has 31 heavy (non-hydrogen) atoms. The van der Waals surface area contributed by atoms with Crippen LogP contribution < -0.4 is 5.32 Å². The number of amides is 1. The lowest BCUT2D eigenvalue weighted by Crippen LogP contribution is -2.24. The van der Waals surface area contributed by atoms with Crippen molar-refractivity contribution in [2.24, 2.45) is 0 Å². The number of aromatic nitrogens is 3. The molecule has 8 heteroatoms. The summed E-state index contributed by atoms with van der Waals surface area (Å²) >= 11 is 1.22. The largest absolute Gasteiger partial charge is 0.453 e. The van der Waals surface area contributed by atoms with E-state index in [-0.39, 0.29) is 11.2 Å². The summed E-state index contributed by atoms with van der Waals surface area (Å²) < 4.78 is 5.24. The molecule has 162 valence electrons. The number of nitrogens with zero attached hydrogens (tertiary/aromatic N) is 2. The zero-order valence-corrected chi connectivity index (χ0v) is 18.1. The van der Waals surface area contributed by atoms with Gasteiger partial charge in [0.05, 0.1) is 5.69 Å². The van der Waals surface area contributed by atoms with Crippen LogP contribution in [0.25, 0.3) is 11.3 Å². The highest BCUT2D eigenvalue weighted by Gasteiger charge is 2.10. The van der Waals surface area contributed by atoms with Crippen molar-refractivity contribution in [1.82, 2.24) is 20.5 Å². The van der Waals surface area contributed by atoms with Gasteiger partial charge in [0.25, 0.3) is 5.91 Å². The molecule has 2 N–H and O–H groups in total. The van der Waals surface area contributed by atoms with Crippen LogP contribution in [0.3, 0.4) is 0 Å². The number of hydrogen-bond acceptors (Lipinski definition) is 6. The minimum atomic E-state index is -0.235. The SMILES string of the molecule is O=C(OCc1ccccc1)SCCCCCCNC(=O)c1cc(-c2cccnc2)n[nH]1. The number of rotatable bonds is 11. The third kappa shape index (κ3) is 7.90. The van der Waals surface area contributed by atoms with Gasteiger partial charge in [0.2, 0.25) is 0 Å². The van der Waals surface area contributed by atoms with E-state index in [0.717, 1.165) is 42.6 Å². The molecule has 0 unspecified atom stereocenters. The number of ether oxygens (including phenoxy) is 1. The highest BCUT2D eigenvalue weighted by Crippen LogP contribution is 2.16. The molecular formula is C23H26N4O3S. The number of aromatic amines is 1. The van der Waals surface area contributed by atoms with Crippen molar-refractivity contribution in [2.75, 3.05) is 12.3 Å². The Kier molecular flexibility index (Phi) is 9.12. The molecule has 2 heterocycles. The lowest BCUT2D eigenvalue weighted by Gasteiger charge is -2.05. The minimum Gasteiger partial charge on any atom is -0.453 e. The van der Waals surface area contributed by atoms with E-state index in [9.17, 15) is 9.59 Å². The van der Waals surface area contributed by atoms with E-state index >= 15 is 0 Å². The molecule has 3 rings (SSSR count). The summed E-state index contributed by atoms with van der Waals surface area (Å²) in [7, 11) is 0. The van der Waals surface area contributed by atoms with Crippen LogP contribution in [0.2, 0.25) is 0 Å². The van der Waals surface area contributed by atoms with Crippen molar-refractivity contribution in [3.63, 3.8) is 0 Å². The van der Waals surface area contributed by atoms with Crippen molar-refractivity contribution in [3.8, 4) is 11.3 Å². The van der Waals surface area contributed by atoms with Crippen molar-refractivity contribution >= 4 is 23.0 Å². The summed E-state index contributed by atoms with van der Waals surface area (Å²) in [4.78, 5) is 28.0. The van der Waals surface area contributed by atoms with Gasteiger partial charge in [0.1, 0.15) is 12.3 Å². The molecule has 1 amide bonds. The average molecular weight is 439 g/mol. The molecule has 0 atom stereocenters. The topological polar surface area (TPSA) is 97.0 Å². The number of pyridine rings is 1. The van der Waals surface area contributed by atoms with Crippen LogP contribution in [-0.2, 0) is 11.3 Å². The van der Waals surface area contributed by atoms with Gasteiger partial charge in [0.15, 0.2) is 0 Å². The molecule has 7 nitrogen and oxygen atoms in total. The Bertz CT molecular complexity index is 948. The summed E-state index contributed by atoms with van der Waals surface area (Å²) in [5.74, 6) is 0.574. The molecule has 0 fully saturated rings. The maximum atomic E-state index is 12.2. The van der Waals surface area contributed by atoms with E-state index in [1.54, 1.807) is 18.5 Å². The molecule has 1 aromatic carbocycles. The smallest absolute Gasteiger partial charge is 0.367 e. The highest BCUT2D eigenvalue weighted by molar-refractivity contribution is 8.13. The number of nitrogens with one attached hydrogen (secondary N) is 2. The van der Waals surface area contributed by atoms with Crippen LogP contribution in [-0.4, -0.2) is 38.7 Å². The third-order valence-corrected chi connectivity index (χ3v) is 5.40. The molecule has 3 aromatic rings. The Hall–Kier alpha value is -3.13. The third-order valence-electron chi connectivity index (χ3n) is 4.56. The molecule has 0 saturated carbocycles. The number of carbonyl (C=O) groups is 2. The highest BCUT2D eigenvalue weighted by atomic mass is 32.2. The molecule has 2 aromatic heterocycles. The second-order valence-electron chi connectivity index (χ2n) is 6.95. The summed E-state index contributed by atoms with van der Waals surface area (Å²) in [5.41, 5.74) is 2.98. The maximum absolute atomic E-state index is 12.2. The van der Waals surface area contributed by atoms with Crippen LogP contribution in [0.15, 0.2) is 60.9 Å². The second-order valence-corrected chi connectivity index (χ2v) is 7.98. The van der Waals surface area contributed by atoms with Gasteiger partial charge in [-0.2, -0.15) is 5.10 Å². The molecule has 0 aliphatic rings. The number of benzene rings is 1. The predicted octanol–water partition coefficient (Wildman–Crippen LogP) is 4.83. The summed E-state index contributed by atoms with van der Waals surface area (Å²) in [6.45, 7) is 0.915. The van der Waals surface area contributed by atoms with Gasteiger partial charge in [-0.3, -0.25) is 14.9 Å². The number of carbonyl (C=O) groups excluding carboxylic acids is 2. The van der Waals surface area contributed by atoms with Crippen LogP contribution in [0.5, 0.6) is 0 Å². The molecule has 0 aliphatic carbocycles. The van der Waals surface area contributed by atoms with Gasteiger partial charge in [-0.25, -0.2) is 4.79 Å². The average Bonchev–Trinajstić information content (AvgIpc) is 3.31. The van der Waals surface area contributed by atoms with Gasteiger partial charge in [-0.15, -0.1) is 0 Å². The lowest BCUT2D eigenvalue weighted by molar-refractivity contribution is 0.0948. The molecular weight excluding hydrogens is 412 g/mol. The Labute approximate surface area is 186 Å². The summed E-state index contributed by atoms with van der Waals surface area (Å²) in [5, 5.41) is 9.60. The van der Waals surface area contributed by atoms with Crippen molar-refractivity contribution in [3.05, 3.63) is 72.2 Å². The van der Waals surface area contributed by atoms with E-state index in [0.29, 0.717) is 24.5 Å². The predicted molar refractivity (Wildman–Crippen MR) is 122 cm³/mol. The van der Waals surface area contributed by atoms with E-state index in [1.807, 2.05) is 42.5 Å². The molecule has 0 spiro atoms. The van der Waals surface area contributed by atoms with Crippen molar-refractivity contribution < 1.29 is 14.3 Å². The van der Waals surface area contributed by atoms with Gasteiger partial charge >= 0.3 is 5.30 Å². The molecule has 0 saturated heterocycles. The normalized spacial score (nSPS) is 10.6. The van der Waals surface area contributed by atoms with Crippen LogP contribution >= 0.6 is 11.8 Å². The van der Waals surface area contributed by atoms with Gasteiger partial charge < -0.3 is 10.1 Å². The van der Waals surface area contributed by atoms with E-state index in [1.165, 1.54) is 11.8 Å². The van der Waals surface area contributed by atoms with Gasteiger partial charge in [-0.1, -0.05) is 43.2 Å². The quantitative estimate of drug-likeness (QED) is 0.329. The first-order valence-electron chi connectivity index (χ1n) is 10.3. The lowest BCUT2D eigenvalue weighted by atomic mass is 10.2. The molecule has 0 bridgehead atoms. The van der Waals surface area contributed by atoms with Crippen LogP contribution in [0.1, 0.15) is 41.7 Å². The maximum Gasteiger partial charge on any atom is 0.367 e. The molecule has 0 radical (unpaired) electrons. The van der Waals surface area contributed by atoms with Crippen LogP contribution in [0, 0.1) is 0 Å². The van der Waals surface area contributed by atoms with Crippen molar-refractivity contribution in [1.29, 1.82) is 0 Å². The Morgan fingerprint density at radius 2 is 1.87 bits per heavy atom. The van der Waals surface area contributed by atoms with E-state index in [4.69, 9.17) is 4.74 Å². The standard InChI is InChI=1S/C23H26N4O3S/c28-22(21-15-20(26-27-21)19-11-8-12-24-16-19)25-13-6-1-2-7-14-31-23(29)30-17-18-9-4-3-5-10-18/h3-5,8-12,15-16H,1-2,6-7,13-14,17H2,(H,25,28)(H,26,27). The fourth-order valence-corrected chi connectivity index (χ4v) is 3.55. The van der Waals surface area contributed by atoms with E-state index < -0.39 is 0 Å². The number of thioether (sulfide) groups is 1. The first-order valence-corrected chi connectivity index (χ1v) is 11.3. The zero-order chi connectivity index (χ0) is 21.7. The van der Waals surface area contributed by atoms with E-state index in [2.05, 4.69) is 20.5 Å². The summed E-state index contributed by atoms with van der Waals surface area (Å²) in [6.07, 6.45) is 7.22.